The third-order valence-electron chi connectivity index (χ3n) is 7.22. The van der Waals surface area contributed by atoms with Gasteiger partial charge in [0, 0.05) is 28.5 Å². The summed E-state index contributed by atoms with van der Waals surface area (Å²) in [4.78, 5) is 3.96. The van der Waals surface area contributed by atoms with E-state index in [-0.39, 0.29) is 0 Å². The van der Waals surface area contributed by atoms with Crippen molar-refractivity contribution in [1.29, 1.82) is 0 Å². The van der Waals surface area contributed by atoms with Crippen LogP contribution in [0.1, 0.15) is 24.8 Å². The van der Waals surface area contributed by atoms with Gasteiger partial charge in [-0.2, -0.15) is 0 Å². The van der Waals surface area contributed by atoms with Gasteiger partial charge >= 0.3 is 0 Å². The van der Waals surface area contributed by atoms with Crippen LogP contribution in [0, 0.1) is 11.8 Å². The van der Waals surface area contributed by atoms with E-state index in [0.717, 1.165) is 18.9 Å². The molecule has 6 rings (SSSR count). The molecule has 2 fully saturated rings. The molecule has 0 bridgehead atoms. The quantitative estimate of drug-likeness (QED) is 0.750. The van der Waals surface area contributed by atoms with E-state index < -0.39 is 0 Å². The molecule has 1 N–H and O–H groups in total. The minimum absolute atomic E-state index is 0.306. The number of hydrogen-bond donors (Lipinski definition) is 1. The van der Waals surface area contributed by atoms with Crippen LogP contribution < -0.4 is 15.2 Å². The van der Waals surface area contributed by atoms with Crippen LogP contribution in [0.15, 0.2) is 72.5 Å². The smallest absolute Gasteiger partial charge is 0.119 e. The molecule has 3 atom stereocenters. The van der Waals surface area contributed by atoms with Gasteiger partial charge in [-0.3, -0.25) is 4.90 Å². The van der Waals surface area contributed by atoms with Crippen LogP contribution in [-0.4, -0.2) is 41.5 Å². The lowest BCUT2D eigenvalue weighted by Gasteiger charge is -2.26. The van der Waals surface area contributed by atoms with Crippen LogP contribution in [0.3, 0.4) is 0 Å². The van der Waals surface area contributed by atoms with Gasteiger partial charge in [0.1, 0.15) is 18.1 Å². The summed E-state index contributed by atoms with van der Waals surface area (Å²) in [6, 6.07) is 17.5. The Kier molecular flexibility index (Phi) is 5.36. The molecule has 4 heteroatoms. The molecule has 3 unspecified atom stereocenters. The fourth-order valence-electron chi connectivity index (χ4n) is 5.66. The number of likely N-dealkylation sites (tertiary alicyclic amines) is 1. The van der Waals surface area contributed by atoms with E-state index in [1.807, 2.05) is 23.9 Å². The highest BCUT2D eigenvalue weighted by molar-refractivity contribution is 8.09. The highest BCUT2D eigenvalue weighted by Crippen LogP contribution is 2.55. The number of benzene rings is 2. The molecule has 0 aromatic heterocycles. The Morgan fingerprint density at radius 3 is 2.56 bits per heavy atom. The Balaban J connectivity index is 1.26. The summed E-state index contributed by atoms with van der Waals surface area (Å²) in [7, 11) is 0. The van der Waals surface area contributed by atoms with Gasteiger partial charge in [0.05, 0.1) is 0 Å². The normalized spacial score (nSPS) is 26.5. The molecule has 0 saturated carbocycles. The van der Waals surface area contributed by atoms with E-state index in [0.29, 0.717) is 22.8 Å². The third-order valence-corrected chi connectivity index (χ3v) is 8.67. The number of thioether (sulfide) groups is 1. The van der Waals surface area contributed by atoms with Gasteiger partial charge in [0.25, 0.3) is 0 Å². The molecule has 2 aromatic rings. The van der Waals surface area contributed by atoms with Gasteiger partial charge in [0.15, 0.2) is 0 Å². The number of aliphatic hydroxyl groups is 1. The van der Waals surface area contributed by atoms with Gasteiger partial charge in [-0.25, -0.2) is 0 Å². The van der Waals surface area contributed by atoms with E-state index in [1.54, 1.807) is 0 Å². The number of hydrogen-bond acceptors (Lipinski definition) is 4. The molecule has 2 aliphatic heterocycles. The Bertz CT molecular complexity index is 1190. The molecule has 4 aliphatic rings. The molecule has 164 valence electrons. The van der Waals surface area contributed by atoms with Crippen molar-refractivity contribution in [3.8, 4) is 5.75 Å². The number of allylic oxidation sites excluding steroid dienone is 2. The van der Waals surface area contributed by atoms with E-state index >= 15 is 0 Å². The Morgan fingerprint density at radius 2 is 1.75 bits per heavy atom. The number of nitrogens with zero attached hydrogens (tertiary/aromatic N) is 1. The van der Waals surface area contributed by atoms with Crippen LogP contribution in [0.25, 0.3) is 10.5 Å². The molecule has 0 amide bonds. The molecule has 2 heterocycles. The predicted octanol–water partition coefficient (Wildman–Crippen LogP) is 4.23. The van der Waals surface area contributed by atoms with Crippen molar-refractivity contribution in [2.45, 2.75) is 24.5 Å². The summed E-state index contributed by atoms with van der Waals surface area (Å²) in [5, 5.41) is 13.0. The van der Waals surface area contributed by atoms with Crippen molar-refractivity contribution in [1.82, 2.24) is 4.90 Å². The second kappa shape index (κ2) is 8.49. The SMILES string of the molecule is OC1=CC2SC3=c4ccccc4=C(c4ccc(OCCN5CCCCC5)cc4)C3C2C=C1. The van der Waals surface area contributed by atoms with Gasteiger partial charge < -0.3 is 9.84 Å². The Morgan fingerprint density at radius 1 is 0.969 bits per heavy atom. The van der Waals surface area contributed by atoms with Gasteiger partial charge in [-0.15, -0.1) is 11.8 Å². The topological polar surface area (TPSA) is 32.7 Å². The monoisotopic (exact) mass is 443 g/mol. The number of piperidine rings is 1. The largest absolute Gasteiger partial charge is 0.508 e. The number of rotatable bonds is 5. The molecular weight excluding hydrogens is 414 g/mol. The van der Waals surface area contributed by atoms with Crippen molar-refractivity contribution >= 4 is 22.2 Å². The van der Waals surface area contributed by atoms with Crippen molar-refractivity contribution in [3.63, 3.8) is 0 Å². The first-order chi connectivity index (χ1) is 15.8. The van der Waals surface area contributed by atoms with Crippen molar-refractivity contribution in [2.75, 3.05) is 26.2 Å². The maximum atomic E-state index is 10.0. The first-order valence-electron chi connectivity index (χ1n) is 11.8. The molecule has 32 heavy (non-hydrogen) atoms. The zero-order chi connectivity index (χ0) is 21.5. The van der Waals surface area contributed by atoms with Crippen LogP contribution in [0.4, 0.5) is 0 Å². The van der Waals surface area contributed by atoms with Crippen molar-refractivity contribution in [2.24, 2.45) is 11.8 Å². The average molecular weight is 444 g/mol. The van der Waals surface area contributed by atoms with E-state index in [4.69, 9.17) is 4.74 Å². The van der Waals surface area contributed by atoms with Crippen LogP contribution >= 0.6 is 11.8 Å². The molecule has 0 radical (unpaired) electrons. The average Bonchev–Trinajstić information content (AvgIpc) is 3.34. The molecule has 0 spiro atoms. The zero-order valence-corrected chi connectivity index (χ0v) is 19.1. The van der Waals surface area contributed by atoms with Gasteiger partial charge in [-0.05, 0) is 71.8 Å². The van der Waals surface area contributed by atoms with Crippen LogP contribution in [-0.2, 0) is 0 Å². The van der Waals surface area contributed by atoms with Gasteiger partial charge in [-0.1, -0.05) is 48.9 Å². The Hall–Kier alpha value is -2.43. The number of ether oxygens (including phenoxy) is 1. The predicted molar refractivity (Wildman–Crippen MR) is 132 cm³/mol. The van der Waals surface area contributed by atoms with E-state index in [1.165, 1.54) is 58.8 Å². The summed E-state index contributed by atoms with van der Waals surface area (Å²) in [6.45, 7) is 4.18. The highest BCUT2D eigenvalue weighted by atomic mass is 32.2. The third kappa shape index (κ3) is 3.60. The van der Waals surface area contributed by atoms with Crippen molar-refractivity contribution < 1.29 is 9.84 Å². The van der Waals surface area contributed by atoms with Crippen LogP contribution in [0.2, 0.25) is 0 Å². The first-order valence-corrected chi connectivity index (χ1v) is 12.7. The van der Waals surface area contributed by atoms with E-state index in [2.05, 4.69) is 59.5 Å². The summed E-state index contributed by atoms with van der Waals surface area (Å²) in [5.74, 6) is 2.08. The lowest BCUT2D eigenvalue weighted by Crippen LogP contribution is -2.33. The standard InChI is InChI=1S/C28H29NO2S/c30-20-10-13-24-25(18-20)32-28-23-7-3-2-6-22(23)26(27(24)28)19-8-11-21(12-9-19)31-17-16-29-14-4-1-5-15-29/h2-3,6-13,18,24-25,27,30H,1,4-5,14-17H2. The molecule has 3 nitrogen and oxygen atoms in total. The maximum Gasteiger partial charge on any atom is 0.119 e. The number of fused-ring (bicyclic) bond motifs is 4. The van der Waals surface area contributed by atoms with E-state index in [9.17, 15) is 5.11 Å². The Labute approximate surface area is 193 Å². The first kappa shape index (κ1) is 20.2. The second-order valence-electron chi connectivity index (χ2n) is 9.19. The fraction of sp³-hybridized carbons (Fsp3) is 0.357. The summed E-state index contributed by atoms with van der Waals surface area (Å²) < 4.78 is 6.07. The zero-order valence-electron chi connectivity index (χ0n) is 18.2. The molecule has 2 saturated heterocycles. The molecule has 2 aromatic carbocycles. The summed E-state index contributed by atoms with van der Waals surface area (Å²) >= 11 is 1.92. The summed E-state index contributed by atoms with van der Waals surface area (Å²) in [6.07, 6.45) is 10.1. The van der Waals surface area contributed by atoms with Gasteiger partial charge in [0.2, 0.25) is 0 Å². The highest BCUT2D eigenvalue weighted by Gasteiger charge is 2.44. The molecule has 2 aliphatic carbocycles. The lowest BCUT2D eigenvalue weighted by molar-refractivity contribution is 0.183. The number of aliphatic hydroxyl groups excluding tert-OH is 1. The van der Waals surface area contributed by atoms with Crippen LogP contribution in [0.5, 0.6) is 5.75 Å². The maximum absolute atomic E-state index is 10.0. The van der Waals surface area contributed by atoms with Crippen molar-refractivity contribution in [3.05, 3.63) is 88.5 Å². The summed E-state index contributed by atoms with van der Waals surface area (Å²) in [5.41, 5.74) is 2.68. The molecular formula is C28H29NO2S. The lowest BCUT2D eigenvalue weighted by atomic mass is 9.80. The minimum Gasteiger partial charge on any atom is -0.508 e. The second-order valence-corrected chi connectivity index (χ2v) is 10.4. The fourth-order valence-corrected chi connectivity index (χ4v) is 7.29. The minimum atomic E-state index is 0.306.